The number of rotatable bonds is 4. The fourth-order valence-corrected chi connectivity index (χ4v) is 5.86. The van der Waals surface area contributed by atoms with E-state index in [1.807, 2.05) is 24.2 Å². The number of thiophene rings is 1. The molecular formula is C11H18N2O2S3. The largest absolute Gasteiger partial charge is 0.315 e. The minimum Gasteiger partial charge on any atom is -0.315 e. The van der Waals surface area contributed by atoms with E-state index >= 15 is 0 Å². The quantitative estimate of drug-likeness (QED) is 0.918. The van der Waals surface area contributed by atoms with Crippen molar-refractivity contribution < 1.29 is 8.42 Å². The van der Waals surface area contributed by atoms with Gasteiger partial charge in [0.25, 0.3) is 0 Å². The zero-order valence-corrected chi connectivity index (χ0v) is 12.8. The summed E-state index contributed by atoms with van der Waals surface area (Å²) < 4.78 is 26.8. The van der Waals surface area contributed by atoms with Crippen molar-refractivity contribution in [1.29, 1.82) is 0 Å². The number of nitrogens with zero attached hydrogens (tertiary/aromatic N) is 1. The summed E-state index contributed by atoms with van der Waals surface area (Å²) in [6.07, 6.45) is 0.940. The zero-order valence-electron chi connectivity index (χ0n) is 10.4. The Morgan fingerprint density at radius 2 is 2.22 bits per heavy atom. The molecule has 102 valence electrons. The molecular weight excluding hydrogens is 288 g/mol. The lowest BCUT2D eigenvalue weighted by Gasteiger charge is -2.19. The Bertz CT molecular complexity index is 476. The number of thioether (sulfide) groups is 1. The van der Waals surface area contributed by atoms with Crippen molar-refractivity contribution in [2.75, 3.05) is 31.6 Å². The molecule has 18 heavy (non-hydrogen) atoms. The molecule has 1 N–H and O–H groups in total. The molecule has 0 bridgehead atoms. The van der Waals surface area contributed by atoms with Gasteiger partial charge in [-0.05, 0) is 30.7 Å². The lowest BCUT2D eigenvalue weighted by atomic mass is 10.5. The molecule has 0 spiro atoms. The van der Waals surface area contributed by atoms with E-state index in [-0.39, 0.29) is 0 Å². The van der Waals surface area contributed by atoms with Crippen molar-refractivity contribution >= 4 is 33.1 Å². The molecule has 2 heterocycles. The molecule has 1 aliphatic rings. The average Bonchev–Trinajstić information content (AvgIpc) is 2.64. The van der Waals surface area contributed by atoms with Crippen LogP contribution in [0.4, 0.5) is 0 Å². The third kappa shape index (κ3) is 3.08. The van der Waals surface area contributed by atoms with E-state index in [1.54, 1.807) is 10.4 Å². The third-order valence-electron chi connectivity index (χ3n) is 2.84. The fourth-order valence-electron chi connectivity index (χ4n) is 1.95. The first-order chi connectivity index (χ1) is 8.66. The van der Waals surface area contributed by atoms with Crippen molar-refractivity contribution in [3.63, 3.8) is 0 Å². The minimum atomic E-state index is -3.30. The summed E-state index contributed by atoms with van der Waals surface area (Å²) in [5, 5.41) is 4.87. The van der Waals surface area contributed by atoms with Crippen LogP contribution in [-0.4, -0.2) is 44.4 Å². The first-order valence-electron chi connectivity index (χ1n) is 5.95. The van der Waals surface area contributed by atoms with Gasteiger partial charge in [-0.3, -0.25) is 0 Å². The van der Waals surface area contributed by atoms with Crippen LogP contribution < -0.4 is 5.32 Å². The van der Waals surface area contributed by atoms with Gasteiger partial charge in [0, 0.05) is 30.3 Å². The summed E-state index contributed by atoms with van der Waals surface area (Å²) in [6, 6.07) is 1.73. The van der Waals surface area contributed by atoms with Gasteiger partial charge < -0.3 is 5.32 Å². The van der Waals surface area contributed by atoms with Crippen LogP contribution in [0.2, 0.25) is 0 Å². The summed E-state index contributed by atoms with van der Waals surface area (Å²) in [4.78, 5) is 1.38. The maximum absolute atomic E-state index is 12.6. The predicted octanol–water partition coefficient (Wildman–Crippen LogP) is 1.60. The van der Waals surface area contributed by atoms with Crippen LogP contribution in [-0.2, 0) is 16.6 Å². The molecule has 0 aromatic carbocycles. The Kier molecular flexibility index (Phi) is 5.08. The Labute approximate surface area is 117 Å². The second kappa shape index (κ2) is 6.38. The molecule has 2 rings (SSSR count). The highest BCUT2D eigenvalue weighted by Gasteiger charge is 2.27. The lowest BCUT2D eigenvalue weighted by molar-refractivity contribution is 0.434. The molecule has 1 saturated heterocycles. The first-order valence-corrected chi connectivity index (χ1v) is 9.42. The van der Waals surface area contributed by atoms with Crippen LogP contribution in [0, 0.1) is 0 Å². The molecule has 4 nitrogen and oxygen atoms in total. The number of hydrogen-bond acceptors (Lipinski definition) is 5. The fraction of sp³-hybridized carbons (Fsp3) is 0.636. The zero-order chi connectivity index (χ0) is 13.0. The smallest absolute Gasteiger partial charge is 0.244 e. The Balaban J connectivity index is 2.25. The van der Waals surface area contributed by atoms with Gasteiger partial charge in [-0.2, -0.15) is 16.1 Å². The predicted molar refractivity (Wildman–Crippen MR) is 77.8 cm³/mol. The van der Waals surface area contributed by atoms with Gasteiger partial charge in [-0.25, -0.2) is 8.42 Å². The molecule has 0 radical (unpaired) electrons. The first kappa shape index (κ1) is 14.3. The topological polar surface area (TPSA) is 49.4 Å². The second-order valence-electron chi connectivity index (χ2n) is 4.11. The van der Waals surface area contributed by atoms with E-state index in [0.717, 1.165) is 22.8 Å². The summed E-state index contributed by atoms with van der Waals surface area (Å²) in [5.41, 5.74) is 0. The van der Waals surface area contributed by atoms with Crippen LogP contribution in [0.5, 0.6) is 0 Å². The van der Waals surface area contributed by atoms with Crippen molar-refractivity contribution in [2.24, 2.45) is 0 Å². The summed E-state index contributed by atoms with van der Waals surface area (Å²) in [6.45, 7) is 1.88. The lowest BCUT2D eigenvalue weighted by Crippen LogP contribution is -2.33. The van der Waals surface area contributed by atoms with Crippen LogP contribution in [0.3, 0.4) is 0 Å². The molecule has 1 aromatic heterocycles. The van der Waals surface area contributed by atoms with E-state index in [9.17, 15) is 8.42 Å². The van der Waals surface area contributed by atoms with E-state index in [1.165, 1.54) is 11.3 Å². The molecule has 1 fully saturated rings. The van der Waals surface area contributed by atoms with Gasteiger partial charge in [0.2, 0.25) is 10.0 Å². The van der Waals surface area contributed by atoms with Crippen molar-refractivity contribution in [2.45, 2.75) is 17.9 Å². The Morgan fingerprint density at radius 1 is 1.39 bits per heavy atom. The second-order valence-corrected chi connectivity index (χ2v) is 8.24. The van der Waals surface area contributed by atoms with Crippen molar-refractivity contribution in [1.82, 2.24) is 9.62 Å². The van der Waals surface area contributed by atoms with Gasteiger partial charge in [-0.1, -0.05) is 0 Å². The average molecular weight is 306 g/mol. The third-order valence-corrected chi connectivity index (χ3v) is 6.92. The number of nitrogens with one attached hydrogen (secondary N) is 1. The van der Waals surface area contributed by atoms with Crippen LogP contribution in [0.15, 0.2) is 16.3 Å². The molecule has 0 atom stereocenters. The highest BCUT2D eigenvalue weighted by atomic mass is 32.2. The molecule has 0 aliphatic carbocycles. The van der Waals surface area contributed by atoms with E-state index in [4.69, 9.17) is 0 Å². The normalized spacial score (nSPS) is 18.7. The van der Waals surface area contributed by atoms with Crippen LogP contribution in [0.1, 0.15) is 11.3 Å². The number of hydrogen-bond donors (Lipinski definition) is 1. The van der Waals surface area contributed by atoms with Crippen LogP contribution in [0.25, 0.3) is 0 Å². The Hall–Kier alpha value is -0.0800. The molecule has 0 unspecified atom stereocenters. The van der Waals surface area contributed by atoms with Crippen molar-refractivity contribution in [3.05, 3.63) is 16.3 Å². The summed E-state index contributed by atoms with van der Waals surface area (Å²) >= 11 is 3.33. The summed E-state index contributed by atoms with van der Waals surface area (Å²) in [7, 11) is -1.47. The Morgan fingerprint density at radius 3 is 3.00 bits per heavy atom. The minimum absolute atomic E-state index is 0.480. The molecule has 0 amide bonds. The molecule has 0 saturated carbocycles. The SMILES string of the molecule is CNCc1sccc1S(=O)(=O)N1CCCSCC1. The molecule has 1 aliphatic heterocycles. The highest BCUT2D eigenvalue weighted by Crippen LogP contribution is 2.26. The van der Waals surface area contributed by atoms with Gasteiger partial charge in [0.1, 0.15) is 0 Å². The molecule has 1 aromatic rings. The van der Waals surface area contributed by atoms with Gasteiger partial charge >= 0.3 is 0 Å². The van der Waals surface area contributed by atoms with Gasteiger partial charge in [-0.15, -0.1) is 11.3 Å². The maximum Gasteiger partial charge on any atom is 0.244 e. The van der Waals surface area contributed by atoms with Crippen LogP contribution >= 0.6 is 23.1 Å². The van der Waals surface area contributed by atoms with Gasteiger partial charge in [0.15, 0.2) is 0 Å². The van der Waals surface area contributed by atoms with E-state index in [0.29, 0.717) is 24.5 Å². The van der Waals surface area contributed by atoms with Crippen molar-refractivity contribution in [3.8, 4) is 0 Å². The molecule has 7 heteroatoms. The standard InChI is InChI=1S/C11H18N2O2S3/c1-12-9-10-11(3-7-17-10)18(14,15)13-4-2-6-16-8-5-13/h3,7,12H,2,4-6,8-9H2,1H3. The van der Waals surface area contributed by atoms with Gasteiger partial charge in [0.05, 0.1) is 4.90 Å². The maximum atomic E-state index is 12.6. The monoisotopic (exact) mass is 306 g/mol. The van der Waals surface area contributed by atoms with E-state index in [2.05, 4.69) is 5.32 Å². The highest BCUT2D eigenvalue weighted by molar-refractivity contribution is 7.99. The summed E-state index contributed by atoms with van der Waals surface area (Å²) in [5.74, 6) is 1.95. The number of sulfonamides is 1. The van der Waals surface area contributed by atoms with E-state index < -0.39 is 10.0 Å².